The van der Waals surface area contributed by atoms with Crippen molar-refractivity contribution >= 4 is 11.7 Å². The van der Waals surface area contributed by atoms with Crippen LogP contribution in [-0.4, -0.2) is 47.1 Å². The van der Waals surface area contributed by atoms with Gasteiger partial charge < -0.3 is 14.8 Å². The Kier molecular flexibility index (Phi) is 5.22. The Morgan fingerprint density at radius 1 is 1.32 bits per heavy atom. The summed E-state index contributed by atoms with van der Waals surface area (Å²) in [4.78, 5) is 27.3. The molecule has 1 aliphatic rings. The Balaban J connectivity index is 1.47. The lowest BCUT2D eigenvalue weighted by Gasteiger charge is -2.29. The van der Waals surface area contributed by atoms with Crippen molar-refractivity contribution in [1.29, 1.82) is 0 Å². The lowest BCUT2D eigenvalue weighted by Crippen LogP contribution is -2.37. The fourth-order valence-electron chi connectivity index (χ4n) is 3.36. The maximum Gasteiger partial charge on any atom is 0.255 e. The van der Waals surface area contributed by atoms with Crippen molar-refractivity contribution in [2.75, 3.05) is 11.9 Å². The van der Waals surface area contributed by atoms with Gasteiger partial charge in [0.05, 0.1) is 24.3 Å². The molecule has 0 fully saturated rings. The van der Waals surface area contributed by atoms with Crippen molar-refractivity contribution < 1.29 is 4.79 Å². The molecular weight excluding hydrogens is 356 g/mol. The van der Waals surface area contributed by atoms with E-state index in [0.29, 0.717) is 31.6 Å². The quantitative estimate of drug-likeness (QED) is 0.696. The molecular formula is C19H22N8O. The van der Waals surface area contributed by atoms with Crippen LogP contribution in [0.4, 0.5) is 5.82 Å². The average Bonchev–Trinajstić information content (AvgIpc) is 3.19. The van der Waals surface area contributed by atoms with Crippen LogP contribution < -0.4 is 5.32 Å². The highest BCUT2D eigenvalue weighted by Gasteiger charge is 2.25. The molecule has 0 saturated carbocycles. The number of carbonyl (C=O) groups excluding carboxylic acids is 1. The van der Waals surface area contributed by atoms with Gasteiger partial charge in [0.1, 0.15) is 18.5 Å². The van der Waals surface area contributed by atoms with E-state index in [9.17, 15) is 4.79 Å². The Bertz CT molecular complexity index is 956. The van der Waals surface area contributed by atoms with Gasteiger partial charge in [-0.15, -0.1) is 10.2 Å². The molecule has 144 valence electrons. The van der Waals surface area contributed by atoms with Crippen LogP contribution in [0.15, 0.2) is 37.2 Å². The predicted molar refractivity (Wildman–Crippen MR) is 102 cm³/mol. The van der Waals surface area contributed by atoms with Crippen molar-refractivity contribution in [3.63, 3.8) is 0 Å². The van der Waals surface area contributed by atoms with Crippen LogP contribution in [0.1, 0.15) is 40.8 Å². The summed E-state index contributed by atoms with van der Waals surface area (Å²) in [6.07, 6.45) is 8.26. The molecule has 1 N–H and O–H groups in total. The molecule has 0 spiro atoms. The van der Waals surface area contributed by atoms with Crippen molar-refractivity contribution in [1.82, 2.24) is 34.6 Å². The molecule has 1 aliphatic heterocycles. The smallest absolute Gasteiger partial charge is 0.255 e. The number of amides is 1. The van der Waals surface area contributed by atoms with Gasteiger partial charge in [0, 0.05) is 31.0 Å². The molecule has 3 aromatic heterocycles. The second-order valence-corrected chi connectivity index (χ2v) is 6.66. The highest BCUT2D eigenvalue weighted by Crippen LogP contribution is 2.24. The third-order valence-electron chi connectivity index (χ3n) is 4.78. The monoisotopic (exact) mass is 378 g/mol. The van der Waals surface area contributed by atoms with Crippen molar-refractivity contribution in [2.45, 2.75) is 39.4 Å². The minimum Gasteiger partial charge on any atom is -0.362 e. The number of fused-ring (bicyclic) bond motifs is 1. The lowest BCUT2D eigenvalue weighted by atomic mass is 10.0. The molecule has 0 aromatic carbocycles. The topological polar surface area (TPSA) is 102 Å². The lowest BCUT2D eigenvalue weighted by molar-refractivity contribution is 0.0731. The summed E-state index contributed by atoms with van der Waals surface area (Å²) >= 11 is 0. The zero-order valence-electron chi connectivity index (χ0n) is 15.7. The highest BCUT2D eigenvalue weighted by molar-refractivity contribution is 5.94. The minimum absolute atomic E-state index is 0.0282. The summed E-state index contributed by atoms with van der Waals surface area (Å²) < 4.78 is 2.04. The number of nitrogens with zero attached hydrogens (tertiary/aromatic N) is 7. The number of carbonyl (C=O) groups is 1. The third kappa shape index (κ3) is 3.68. The van der Waals surface area contributed by atoms with E-state index in [1.54, 1.807) is 35.8 Å². The number of aromatic nitrogens is 6. The van der Waals surface area contributed by atoms with Crippen LogP contribution in [-0.2, 0) is 26.1 Å². The van der Waals surface area contributed by atoms with Gasteiger partial charge in [-0.25, -0.2) is 9.97 Å². The molecule has 28 heavy (non-hydrogen) atoms. The maximum atomic E-state index is 12.7. The Hall–Kier alpha value is -3.36. The first-order valence-electron chi connectivity index (χ1n) is 9.39. The highest BCUT2D eigenvalue weighted by atomic mass is 16.2. The van der Waals surface area contributed by atoms with Crippen LogP contribution in [0.5, 0.6) is 0 Å². The van der Waals surface area contributed by atoms with Gasteiger partial charge in [0.15, 0.2) is 5.82 Å². The number of rotatable bonds is 6. The molecule has 0 unspecified atom stereocenters. The second-order valence-electron chi connectivity index (χ2n) is 6.66. The first-order chi connectivity index (χ1) is 13.8. The standard InChI is InChI=1S/C19H22N8O/c1-2-7-27-13-24-25-17(27)10-21-18-15-5-8-26(11-16(15)22-12-23-18)19(28)14-4-3-6-20-9-14/h3-4,6,9,12-13H,2,5,7-8,10-11H2,1H3,(H,21,22,23). The fraction of sp³-hybridized carbons (Fsp3) is 0.368. The van der Waals surface area contributed by atoms with Gasteiger partial charge in [-0.05, 0) is 25.0 Å². The van der Waals surface area contributed by atoms with Gasteiger partial charge >= 0.3 is 0 Å². The normalized spacial score (nSPS) is 13.2. The van der Waals surface area contributed by atoms with E-state index < -0.39 is 0 Å². The molecule has 3 aromatic rings. The molecule has 0 atom stereocenters. The summed E-state index contributed by atoms with van der Waals surface area (Å²) in [7, 11) is 0. The molecule has 4 rings (SSSR count). The van der Waals surface area contributed by atoms with E-state index in [-0.39, 0.29) is 5.91 Å². The number of pyridine rings is 1. The third-order valence-corrected chi connectivity index (χ3v) is 4.78. The van der Waals surface area contributed by atoms with Crippen LogP contribution in [0.2, 0.25) is 0 Å². The Labute approximate surface area is 162 Å². The Morgan fingerprint density at radius 3 is 3.07 bits per heavy atom. The Morgan fingerprint density at radius 2 is 2.25 bits per heavy atom. The number of aryl methyl sites for hydroxylation is 1. The SMILES string of the molecule is CCCn1cnnc1CNc1ncnc2c1CCN(C(=O)c1cccnc1)C2. The maximum absolute atomic E-state index is 12.7. The molecule has 1 amide bonds. The molecule has 9 heteroatoms. The first kappa shape index (κ1) is 18.0. The largest absolute Gasteiger partial charge is 0.362 e. The summed E-state index contributed by atoms with van der Waals surface area (Å²) in [5, 5.41) is 11.5. The van der Waals surface area contributed by atoms with Crippen molar-refractivity contribution in [2.24, 2.45) is 0 Å². The van der Waals surface area contributed by atoms with Gasteiger partial charge in [0.2, 0.25) is 0 Å². The van der Waals surface area contributed by atoms with Crippen molar-refractivity contribution in [3.8, 4) is 0 Å². The molecule has 0 radical (unpaired) electrons. The first-order valence-corrected chi connectivity index (χ1v) is 9.39. The van der Waals surface area contributed by atoms with E-state index in [4.69, 9.17) is 0 Å². The van der Waals surface area contributed by atoms with Crippen LogP contribution >= 0.6 is 0 Å². The predicted octanol–water partition coefficient (Wildman–Crippen LogP) is 1.68. The molecule has 4 heterocycles. The van der Waals surface area contributed by atoms with Crippen LogP contribution in [0.25, 0.3) is 0 Å². The van der Waals surface area contributed by atoms with E-state index in [1.807, 2.05) is 4.57 Å². The molecule has 0 bridgehead atoms. The molecule has 0 saturated heterocycles. The van der Waals surface area contributed by atoms with Crippen LogP contribution in [0, 0.1) is 0 Å². The second kappa shape index (κ2) is 8.12. The zero-order chi connectivity index (χ0) is 19.3. The van der Waals surface area contributed by atoms with E-state index in [0.717, 1.165) is 35.9 Å². The summed E-state index contributed by atoms with van der Waals surface area (Å²) in [6, 6.07) is 3.55. The number of nitrogens with one attached hydrogen (secondary N) is 1. The minimum atomic E-state index is -0.0282. The van der Waals surface area contributed by atoms with E-state index in [2.05, 4.69) is 37.4 Å². The van der Waals surface area contributed by atoms with Crippen LogP contribution in [0.3, 0.4) is 0 Å². The van der Waals surface area contributed by atoms with Gasteiger partial charge in [-0.1, -0.05) is 6.92 Å². The number of anilines is 1. The summed E-state index contributed by atoms with van der Waals surface area (Å²) in [6.45, 7) is 4.64. The van der Waals surface area contributed by atoms with Gasteiger partial charge in [-0.2, -0.15) is 0 Å². The summed E-state index contributed by atoms with van der Waals surface area (Å²) in [5.41, 5.74) is 2.52. The zero-order valence-corrected chi connectivity index (χ0v) is 15.7. The number of hydrogen-bond acceptors (Lipinski definition) is 7. The van der Waals surface area contributed by atoms with Gasteiger partial charge in [0.25, 0.3) is 5.91 Å². The average molecular weight is 378 g/mol. The molecule has 0 aliphatic carbocycles. The fourth-order valence-corrected chi connectivity index (χ4v) is 3.36. The van der Waals surface area contributed by atoms with Gasteiger partial charge in [-0.3, -0.25) is 9.78 Å². The molecule has 9 nitrogen and oxygen atoms in total. The van der Waals surface area contributed by atoms with E-state index >= 15 is 0 Å². The summed E-state index contributed by atoms with van der Waals surface area (Å²) in [5.74, 6) is 1.64. The van der Waals surface area contributed by atoms with Crippen molar-refractivity contribution in [3.05, 3.63) is 59.8 Å². The number of hydrogen-bond donors (Lipinski definition) is 1. The van der Waals surface area contributed by atoms with E-state index in [1.165, 1.54) is 6.33 Å².